The number of hydrogen-bond acceptors (Lipinski definition) is 5. The molecule has 0 bridgehead atoms. The summed E-state index contributed by atoms with van der Waals surface area (Å²) in [5.41, 5.74) is 7.68. The summed E-state index contributed by atoms with van der Waals surface area (Å²) in [6.45, 7) is 5.66. The SMILES string of the molecule is CNC(=O)[C@@H](N)CCN(C(=O)CO)[C@@H](c1cc(-c2cc(F)ccc2F)cn1Cc1ccccc1)C(C)(C)C.O=C(O)C(F)(F)F. The minimum absolute atomic E-state index is 0.104. The first kappa shape index (κ1) is 36.9. The highest BCUT2D eigenvalue weighted by Gasteiger charge is 2.39. The van der Waals surface area contributed by atoms with E-state index in [1.54, 1.807) is 12.3 Å². The number of alkyl halides is 3. The van der Waals surface area contributed by atoms with E-state index >= 15 is 0 Å². The van der Waals surface area contributed by atoms with E-state index < -0.39 is 53.8 Å². The maximum Gasteiger partial charge on any atom is 0.490 e. The van der Waals surface area contributed by atoms with Crippen molar-refractivity contribution in [2.45, 2.75) is 52.0 Å². The van der Waals surface area contributed by atoms with Crippen LogP contribution < -0.4 is 11.1 Å². The molecule has 1 aromatic heterocycles. The van der Waals surface area contributed by atoms with Crippen LogP contribution in [0.3, 0.4) is 0 Å². The third kappa shape index (κ3) is 10.4. The number of nitrogens with zero attached hydrogens (tertiary/aromatic N) is 2. The number of carbonyl (C=O) groups excluding carboxylic acids is 2. The van der Waals surface area contributed by atoms with E-state index in [9.17, 15) is 36.6 Å². The van der Waals surface area contributed by atoms with Gasteiger partial charge in [0.2, 0.25) is 11.8 Å². The Morgan fingerprint density at radius 3 is 2.13 bits per heavy atom. The number of rotatable bonds is 10. The zero-order chi connectivity index (χ0) is 34.1. The molecule has 0 saturated carbocycles. The molecule has 0 unspecified atom stereocenters. The van der Waals surface area contributed by atoms with Gasteiger partial charge in [-0.25, -0.2) is 13.6 Å². The average Bonchev–Trinajstić information content (AvgIpc) is 3.37. The molecule has 9 nitrogen and oxygen atoms in total. The number of carbonyl (C=O) groups is 3. The van der Waals surface area contributed by atoms with Crippen LogP contribution in [0.4, 0.5) is 22.0 Å². The number of aliphatic hydroxyl groups is 1. The Balaban J connectivity index is 0.000000900. The van der Waals surface area contributed by atoms with Crippen LogP contribution in [0, 0.1) is 17.0 Å². The van der Waals surface area contributed by atoms with Crippen LogP contribution in [-0.4, -0.2) is 69.9 Å². The van der Waals surface area contributed by atoms with Gasteiger partial charge in [-0.1, -0.05) is 51.1 Å². The number of aromatic nitrogens is 1. The number of carboxylic acids is 1. The Labute approximate surface area is 257 Å². The fraction of sp³-hybridized carbons (Fsp3) is 0.387. The average molecular weight is 641 g/mol. The van der Waals surface area contributed by atoms with E-state index in [-0.39, 0.29) is 24.4 Å². The summed E-state index contributed by atoms with van der Waals surface area (Å²) < 4.78 is 62.5. The van der Waals surface area contributed by atoms with Gasteiger partial charge in [-0.05, 0) is 41.7 Å². The Hall–Kier alpha value is -4.30. The van der Waals surface area contributed by atoms with Crippen molar-refractivity contribution in [3.63, 3.8) is 0 Å². The Morgan fingerprint density at radius 2 is 1.62 bits per heavy atom. The first-order valence-corrected chi connectivity index (χ1v) is 13.8. The molecule has 0 radical (unpaired) electrons. The number of nitrogens with one attached hydrogen (secondary N) is 1. The second-order valence-electron chi connectivity index (χ2n) is 11.2. The Bertz CT molecular complexity index is 1450. The van der Waals surface area contributed by atoms with Crippen LogP contribution in [0.5, 0.6) is 0 Å². The molecule has 0 aliphatic heterocycles. The molecule has 246 valence electrons. The molecule has 2 atom stereocenters. The molecular formula is C31H37F5N4O5. The van der Waals surface area contributed by atoms with Gasteiger partial charge in [0.15, 0.2) is 0 Å². The molecule has 2 amide bonds. The molecule has 1 heterocycles. The number of aliphatic hydroxyl groups excluding tert-OH is 1. The minimum atomic E-state index is -5.08. The lowest BCUT2D eigenvalue weighted by Gasteiger charge is -2.41. The van der Waals surface area contributed by atoms with E-state index in [1.807, 2.05) is 55.7 Å². The van der Waals surface area contributed by atoms with Crippen LogP contribution in [0.2, 0.25) is 0 Å². The van der Waals surface area contributed by atoms with Crippen LogP contribution in [0.1, 0.15) is 44.5 Å². The van der Waals surface area contributed by atoms with Crippen molar-refractivity contribution in [3.05, 3.63) is 83.7 Å². The molecule has 3 aromatic rings. The van der Waals surface area contributed by atoms with Crippen molar-refractivity contribution < 1.29 is 46.5 Å². The van der Waals surface area contributed by atoms with Crippen molar-refractivity contribution >= 4 is 17.8 Å². The van der Waals surface area contributed by atoms with E-state index in [4.69, 9.17) is 15.6 Å². The maximum absolute atomic E-state index is 14.8. The van der Waals surface area contributed by atoms with Crippen LogP contribution in [0.25, 0.3) is 11.1 Å². The van der Waals surface area contributed by atoms with Gasteiger partial charge in [0.1, 0.15) is 18.2 Å². The normalized spacial score (nSPS) is 12.9. The van der Waals surface area contributed by atoms with E-state index in [2.05, 4.69) is 5.32 Å². The molecule has 0 fully saturated rings. The molecule has 0 aliphatic rings. The number of aliphatic carboxylic acids is 1. The van der Waals surface area contributed by atoms with Crippen molar-refractivity contribution in [2.75, 3.05) is 20.2 Å². The predicted octanol–water partition coefficient (Wildman–Crippen LogP) is 4.49. The van der Waals surface area contributed by atoms with E-state index in [0.29, 0.717) is 17.8 Å². The lowest BCUT2D eigenvalue weighted by molar-refractivity contribution is -0.192. The lowest BCUT2D eigenvalue weighted by Crippen LogP contribution is -2.47. The van der Waals surface area contributed by atoms with Crippen LogP contribution >= 0.6 is 0 Å². The second kappa shape index (κ2) is 15.6. The quantitative estimate of drug-likeness (QED) is 0.241. The minimum Gasteiger partial charge on any atom is -0.475 e. The van der Waals surface area contributed by atoms with Crippen LogP contribution in [-0.2, 0) is 20.9 Å². The molecule has 2 aromatic carbocycles. The summed E-state index contributed by atoms with van der Waals surface area (Å²) in [6.07, 6.45) is -3.17. The second-order valence-corrected chi connectivity index (χ2v) is 11.2. The summed E-state index contributed by atoms with van der Waals surface area (Å²) >= 11 is 0. The van der Waals surface area contributed by atoms with Crippen LogP contribution in [0.15, 0.2) is 60.8 Å². The van der Waals surface area contributed by atoms with Gasteiger partial charge < -0.3 is 30.7 Å². The molecule has 5 N–H and O–H groups in total. The first-order valence-electron chi connectivity index (χ1n) is 13.8. The van der Waals surface area contributed by atoms with E-state index in [0.717, 1.165) is 23.8 Å². The Kier molecular flexibility index (Phi) is 12.8. The van der Waals surface area contributed by atoms with Gasteiger partial charge in [-0.2, -0.15) is 13.2 Å². The predicted molar refractivity (Wildman–Crippen MR) is 157 cm³/mol. The highest BCUT2D eigenvalue weighted by atomic mass is 19.4. The lowest BCUT2D eigenvalue weighted by atomic mass is 9.82. The van der Waals surface area contributed by atoms with E-state index in [1.165, 1.54) is 11.9 Å². The number of likely N-dealkylation sites (N-methyl/N-ethyl adjacent to an activating group) is 1. The van der Waals surface area contributed by atoms with Gasteiger partial charge >= 0.3 is 12.1 Å². The number of nitrogens with two attached hydrogens (primary N) is 1. The third-order valence-corrected chi connectivity index (χ3v) is 6.74. The Morgan fingerprint density at radius 1 is 1.02 bits per heavy atom. The topological polar surface area (TPSA) is 138 Å². The molecule has 14 heteroatoms. The molecule has 0 aliphatic carbocycles. The van der Waals surface area contributed by atoms with Crippen molar-refractivity contribution in [2.24, 2.45) is 11.1 Å². The van der Waals surface area contributed by atoms with Gasteiger partial charge in [0.05, 0.1) is 12.1 Å². The smallest absolute Gasteiger partial charge is 0.475 e. The summed E-state index contributed by atoms with van der Waals surface area (Å²) in [7, 11) is 1.49. The largest absolute Gasteiger partial charge is 0.490 e. The summed E-state index contributed by atoms with van der Waals surface area (Å²) in [5, 5.41) is 19.5. The fourth-order valence-electron chi connectivity index (χ4n) is 4.70. The molecule has 0 spiro atoms. The summed E-state index contributed by atoms with van der Waals surface area (Å²) in [6, 6.07) is 13.3. The summed E-state index contributed by atoms with van der Waals surface area (Å²) in [4.78, 5) is 35.5. The maximum atomic E-state index is 14.8. The standard InChI is InChI=1S/C29H36F2N4O3.C2HF3O2/c1-29(2,3)27(35(26(37)18-36)13-12-24(32)28(38)33-4)25-14-20(22-15-21(30)10-11-23(22)31)17-34(25)16-19-8-6-5-7-9-19;3-2(4,5)1(6)7/h5-11,14-15,17,24,27,36H,12-13,16,18,32H2,1-4H3,(H,33,38);(H,6,7)/t24-,27-;/m0./s1. The zero-order valence-corrected chi connectivity index (χ0v) is 25.2. The first-order chi connectivity index (χ1) is 20.9. The highest BCUT2D eigenvalue weighted by Crippen LogP contribution is 2.41. The molecule has 45 heavy (non-hydrogen) atoms. The van der Waals surface area contributed by atoms with Gasteiger partial charge in [-0.15, -0.1) is 0 Å². The number of halogens is 5. The van der Waals surface area contributed by atoms with Gasteiger partial charge in [0, 0.05) is 43.2 Å². The van der Waals surface area contributed by atoms with Gasteiger partial charge in [-0.3, -0.25) is 9.59 Å². The van der Waals surface area contributed by atoms with Crippen molar-refractivity contribution in [1.29, 1.82) is 0 Å². The monoisotopic (exact) mass is 640 g/mol. The molecule has 3 rings (SSSR count). The number of amides is 2. The van der Waals surface area contributed by atoms with Gasteiger partial charge in [0.25, 0.3) is 0 Å². The van der Waals surface area contributed by atoms with Crippen molar-refractivity contribution in [1.82, 2.24) is 14.8 Å². The number of hydrogen-bond donors (Lipinski definition) is 4. The molecule has 0 saturated heterocycles. The molecular weight excluding hydrogens is 603 g/mol. The number of benzene rings is 2. The summed E-state index contributed by atoms with van der Waals surface area (Å²) in [5.74, 6) is -4.77. The fourth-order valence-corrected chi connectivity index (χ4v) is 4.70. The zero-order valence-electron chi connectivity index (χ0n) is 25.2. The highest BCUT2D eigenvalue weighted by molar-refractivity contribution is 5.81. The number of carboxylic acid groups (broad SMARTS) is 1. The van der Waals surface area contributed by atoms with Crippen molar-refractivity contribution in [3.8, 4) is 11.1 Å². The third-order valence-electron chi connectivity index (χ3n) is 6.74.